The molecular weight excluding hydrogens is 247 g/mol. The topological polar surface area (TPSA) is 59.1 Å². The monoisotopic (exact) mass is 256 g/mol. The highest BCUT2D eigenvalue weighted by atomic mass is 35.5. The van der Waals surface area contributed by atoms with Crippen LogP contribution in [0.1, 0.15) is 29.9 Å². The van der Waals surface area contributed by atoms with E-state index in [-0.39, 0.29) is 23.8 Å². The van der Waals surface area contributed by atoms with Crippen molar-refractivity contribution in [1.29, 1.82) is 0 Å². The normalized spacial score (nSPS) is 20.2. The summed E-state index contributed by atoms with van der Waals surface area (Å²) in [5.41, 5.74) is 0.737. The van der Waals surface area contributed by atoms with Crippen LogP contribution in [-0.2, 0) is 15.5 Å². The molecule has 2 rings (SSSR count). The molecule has 0 spiro atoms. The van der Waals surface area contributed by atoms with Crippen LogP contribution in [0.25, 0.3) is 0 Å². The average molecular weight is 257 g/mol. The maximum absolute atomic E-state index is 13.5. The number of carbonyl (C=O) groups excluding carboxylic acids is 2. The molecule has 6 heteroatoms. The van der Waals surface area contributed by atoms with Crippen LogP contribution in [0.5, 0.6) is 0 Å². The van der Waals surface area contributed by atoms with Gasteiger partial charge in [-0.1, -0.05) is 0 Å². The molecule has 1 N–H and O–H groups in total. The molecule has 1 fully saturated rings. The molecule has 17 heavy (non-hydrogen) atoms. The lowest BCUT2D eigenvalue weighted by Crippen LogP contribution is -2.39. The molecule has 2 heterocycles. The van der Waals surface area contributed by atoms with Crippen molar-refractivity contribution in [2.75, 3.05) is 0 Å². The Balaban J connectivity index is 2.37. The summed E-state index contributed by atoms with van der Waals surface area (Å²) < 4.78 is 13.5. The number of alkyl halides is 1. The molecule has 2 amide bonds. The third-order valence-electron chi connectivity index (χ3n) is 2.79. The summed E-state index contributed by atoms with van der Waals surface area (Å²) in [6.07, 6.45) is 3.10. The molecule has 1 aliphatic heterocycles. The van der Waals surface area contributed by atoms with Gasteiger partial charge in [-0.25, -0.2) is 4.39 Å². The standard InChI is InChI=1S/C11H10ClFN2O2/c12-3-7-8(4-14-5-9(7)13)6-1-2-10(16)15-11(6)17/h4-6H,1-3H2,(H,15,16,17). The van der Waals surface area contributed by atoms with Crippen molar-refractivity contribution in [3.8, 4) is 0 Å². The molecule has 1 aliphatic rings. The number of halogens is 2. The van der Waals surface area contributed by atoms with Gasteiger partial charge < -0.3 is 0 Å². The molecule has 1 unspecified atom stereocenters. The largest absolute Gasteiger partial charge is 0.296 e. The first-order chi connectivity index (χ1) is 8.13. The average Bonchev–Trinajstić information content (AvgIpc) is 2.29. The van der Waals surface area contributed by atoms with Crippen LogP contribution in [0, 0.1) is 5.82 Å². The van der Waals surface area contributed by atoms with Crippen molar-refractivity contribution in [3.63, 3.8) is 0 Å². The Labute approximate surface area is 102 Å². The summed E-state index contributed by atoms with van der Waals surface area (Å²) in [5.74, 6) is -1.82. The van der Waals surface area contributed by atoms with E-state index in [1.807, 2.05) is 0 Å². The number of imide groups is 1. The Morgan fingerprint density at radius 1 is 1.47 bits per heavy atom. The van der Waals surface area contributed by atoms with E-state index in [1.165, 1.54) is 6.20 Å². The number of piperidine rings is 1. The SMILES string of the molecule is O=C1CCC(c2cncc(F)c2CCl)C(=O)N1. The molecule has 4 nitrogen and oxygen atoms in total. The van der Waals surface area contributed by atoms with Crippen LogP contribution in [-0.4, -0.2) is 16.8 Å². The summed E-state index contributed by atoms with van der Waals surface area (Å²) >= 11 is 5.67. The lowest BCUT2D eigenvalue weighted by atomic mass is 9.89. The minimum atomic E-state index is -0.551. The molecule has 0 saturated carbocycles. The van der Waals surface area contributed by atoms with Gasteiger partial charge in [0.25, 0.3) is 0 Å². The summed E-state index contributed by atoms with van der Waals surface area (Å²) in [5, 5.41) is 2.23. The van der Waals surface area contributed by atoms with E-state index in [0.29, 0.717) is 12.0 Å². The Morgan fingerprint density at radius 2 is 2.24 bits per heavy atom. The first kappa shape index (κ1) is 12.0. The maximum atomic E-state index is 13.5. The Kier molecular flexibility index (Phi) is 3.38. The second kappa shape index (κ2) is 4.79. The predicted molar refractivity (Wildman–Crippen MR) is 58.9 cm³/mol. The smallest absolute Gasteiger partial charge is 0.234 e. The number of amides is 2. The number of aromatic nitrogens is 1. The zero-order valence-electron chi connectivity index (χ0n) is 8.87. The van der Waals surface area contributed by atoms with Crippen molar-refractivity contribution in [1.82, 2.24) is 10.3 Å². The molecule has 0 aliphatic carbocycles. The fourth-order valence-electron chi connectivity index (χ4n) is 1.91. The van der Waals surface area contributed by atoms with Gasteiger partial charge in [-0.15, -0.1) is 11.6 Å². The highest BCUT2D eigenvalue weighted by Crippen LogP contribution is 2.29. The maximum Gasteiger partial charge on any atom is 0.234 e. The minimum absolute atomic E-state index is 0.0264. The van der Waals surface area contributed by atoms with E-state index in [1.54, 1.807) is 0 Å². The van der Waals surface area contributed by atoms with E-state index in [9.17, 15) is 14.0 Å². The molecule has 1 saturated heterocycles. The second-order valence-electron chi connectivity index (χ2n) is 3.83. The van der Waals surface area contributed by atoms with Gasteiger partial charge in [0.15, 0.2) is 0 Å². The number of hydrogen-bond acceptors (Lipinski definition) is 3. The van der Waals surface area contributed by atoms with Crippen LogP contribution in [0.3, 0.4) is 0 Å². The van der Waals surface area contributed by atoms with E-state index < -0.39 is 17.6 Å². The van der Waals surface area contributed by atoms with E-state index in [2.05, 4.69) is 10.3 Å². The van der Waals surface area contributed by atoms with E-state index in [0.717, 1.165) is 6.20 Å². The third kappa shape index (κ3) is 2.29. The zero-order valence-corrected chi connectivity index (χ0v) is 9.63. The molecule has 0 bridgehead atoms. The molecule has 1 aromatic heterocycles. The van der Waals surface area contributed by atoms with E-state index in [4.69, 9.17) is 11.6 Å². The van der Waals surface area contributed by atoms with Crippen LogP contribution in [0.2, 0.25) is 0 Å². The first-order valence-electron chi connectivity index (χ1n) is 5.15. The zero-order chi connectivity index (χ0) is 12.4. The second-order valence-corrected chi connectivity index (χ2v) is 4.09. The van der Waals surface area contributed by atoms with Crippen LogP contribution >= 0.6 is 11.6 Å². The van der Waals surface area contributed by atoms with Crippen LogP contribution < -0.4 is 5.32 Å². The highest BCUT2D eigenvalue weighted by molar-refractivity contribution is 6.17. The lowest BCUT2D eigenvalue weighted by molar-refractivity contribution is -0.134. The molecule has 0 aromatic carbocycles. The van der Waals surface area contributed by atoms with Gasteiger partial charge >= 0.3 is 0 Å². The molecule has 1 atom stereocenters. The van der Waals surface area contributed by atoms with Crippen molar-refractivity contribution in [3.05, 3.63) is 29.3 Å². The van der Waals surface area contributed by atoms with Gasteiger partial charge in [0.2, 0.25) is 11.8 Å². The van der Waals surface area contributed by atoms with Gasteiger partial charge in [-0.2, -0.15) is 0 Å². The Morgan fingerprint density at radius 3 is 2.88 bits per heavy atom. The number of pyridine rings is 1. The molecule has 90 valence electrons. The number of nitrogens with one attached hydrogen (secondary N) is 1. The summed E-state index contributed by atoms with van der Waals surface area (Å²) in [7, 11) is 0. The van der Waals surface area contributed by atoms with Crippen molar-refractivity contribution < 1.29 is 14.0 Å². The number of nitrogens with zero attached hydrogens (tertiary/aromatic N) is 1. The quantitative estimate of drug-likeness (QED) is 0.644. The van der Waals surface area contributed by atoms with Crippen molar-refractivity contribution in [2.24, 2.45) is 0 Å². The highest BCUT2D eigenvalue weighted by Gasteiger charge is 2.30. The van der Waals surface area contributed by atoms with Gasteiger partial charge in [-0.05, 0) is 12.0 Å². The molecule has 1 aromatic rings. The fraction of sp³-hybridized carbons (Fsp3) is 0.364. The number of hydrogen-bond donors (Lipinski definition) is 1. The van der Waals surface area contributed by atoms with Crippen LogP contribution in [0.4, 0.5) is 4.39 Å². The van der Waals surface area contributed by atoms with Crippen molar-refractivity contribution in [2.45, 2.75) is 24.6 Å². The van der Waals surface area contributed by atoms with Gasteiger partial charge in [0, 0.05) is 18.2 Å². The van der Waals surface area contributed by atoms with Gasteiger partial charge in [-0.3, -0.25) is 19.9 Å². The molecular formula is C11H10ClFN2O2. The predicted octanol–water partition coefficient (Wildman–Crippen LogP) is 1.48. The Hall–Kier alpha value is -1.49. The molecule has 0 radical (unpaired) electrons. The first-order valence-corrected chi connectivity index (χ1v) is 5.69. The van der Waals surface area contributed by atoms with Gasteiger partial charge in [0.1, 0.15) is 5.82 Å². The fourth-order valence-corrected chi connectivity index (χ4v) is 2.19. The van der Waals surface area contributed by atoms with Crippen LogP contribution in [0.15, 0.2) is 12.4 Å². The van der Waals surface area contributed by atoms with Gasteiger partial charge in [0.05, 0.1) is 18.0 Å². The number of rotatable bonds is 2. The third-order valence-corrected chi connectivity index (χ3v) is 3.05. The van der Waals surface area contributed by atoms with Crippen molar-refractivity contribution >= 4 is 23.4 Å². The lowest BCUT2D eigenvalue weighted by Gasteiger charge is -2.22. The summed E-state index contributed by atoms with van der Waals surface area (Å²) in [6.45, 7) is 0. The minimum Gasteiger partial charge on any atom is -0.296 e. The van der Waals surface area contributed by atoms with E-state index >= 15 is 0 Å². The summed E-state index contributed by atoms with van der Waals surface area (Å²) in [4.78, 5) is 26.4. The summed E-state index contributed by atoms with van der Waals surface area (Å²) in [6, 6.07) is 0. The Bertz CT molecular complexity index is 479. The number of carbonyl (C=O) groups is 2.